The summed E-state index contributed by atoms with van der Waals surface area (Å²) in [5.74, 6) is 0. The lowest BCUT2D eigenvalue weighted by atomic mass is 10.1. The molecule has 0 N–H and O–H groups in total. The molecule has 2 aromatic heterocycles. The molecule has 0 amide bonds. The Kier molecular flexibility index (Phi) is 3.59. The third kappa shape index (κ3) is 2.43. The fraction of sp³-hybridized carbons (Fsp3) is 0.0526. The van der Waals surface area contributed by atoms with Gasteiger partial charge in [0.1, 0.15) is 5.65 Å². The first-order valence-electron chi connectivity index (χ1n) is 7.00. The largest absolute Gasteiger partial charge is 0.301 e. The lowest BCUT2D eigenvalue weighted by molar-refractivity contribution is 1.09. The van der Waals surface area contributed by atoms with Crippen molar-refractivity contribution in [2.45, 2.75) is 6.92 Å². The van der Waals surface area contributed by atoms with E-state index in [9.17, 15) is 5.26 Å². The number of nitriles is 1. The number of allylic oxidation sites excluding steroid dienone is 2. The van der Waals surface area contributed by atoms with E-state index in [2.05, 4.69) is 17.6 Å². The molecule has 0 fully saturated rings. The van der Waals surface area contributed by atoms with E-state index in [1.807, 2.05) is 66.2 Å². The molecule has 0 radical (unpaired) electrons. The Labute approximate surface area is 129 Å². The standard InChI is InChI=1S/C19H15N3/c1-14(2)15(12-20)11-16-13-22(17-7-4-3-5-8-17)19-18(16)9-6-10-21-19/h3-11,13H,1H2,2H3/b15-11+. The number of pyridine rings is 1. The Balaban J connectivity index is 2.26. The van der Waals surface area contributed by atoms with E-state index >= 15 is 0 Å². The van der Waals surface area contributed by atoms with Gasteiger partial charge in [0.05, 0.1) is 11.6 Å². The summed E-state index contributed by atoms with van der Waals surface area (Å²) in [5.41, 5.74) is 4.22. The second-order valence-corrected chi connectivity index (χ2v) is 5.11. The molecule has 0 spiro atoms. The highest BCUT2D eigenvalue weighted by Gasteiger charge is 2.10. The van der Waals surface area contributed by atoms with Gasteiger partial charge in [0, 0.05) is 29.0 Å². The second kappa shape index (κ2) is 5.71. The molecule has 2 heterocycles. The van der Waals surface area contributed by atoms with Crippen LogP contribution < -0.4 is 0 Å². The molecule has 0 saturated heterocycles. The molecule has 106 valence electrons. The van der Waals surface area contributed by atoms with Crippen molar-refractivity contribution in [3.05, 3.63) is 78.1 Å². The maximum absolute atomic E-state index is 9.25. The number of nitrogens with zero attached hydrogens (tertiary/aromatic N) is 3. The topological polar surface area (TPSA) is 41.6 Å². The Bertz CT molecular complexity index is 909. The van der Waals surface area contributed by atoms with E-state index in [1.54, 1.807) is 6.20 Å². The zero-order chi connectivity index (χ0) is 15.5. The zero-order valence-electron chi connectivity index (χ0n) is 12.3. The van der Waals surface area contributed by atoms with Gasteiger partial charge in [-0.05, 0) is 42.8 Å². The smallest absolute Gasteiger partial charge is 0.145 e. The molecule has 3 aromatic rings. The monoisotopic (exact) mass is 285 g/mol. The minimum Gasteiger partial charge on any atom is -0.301 e. The highest BCUT2D eigenvalue weighted by molar-refractivity contribution is 5.89. The van der Waals surface area contributed by atoms with E-state index in [-0.39, 0.29) is 0 Å². The molecule has 0 bridgehead atoms. The van der Waals surface area contributed by atoms with E-state index in [0.29, 0.717) is 5.57 Å². The third-order valence-electron chi connectivity index (χ3n) is 3.51. The molecule has 1 aromatic carbocycles. The third-order valence-corrected chi connectivity index (χ3v) is 3.51. The molecular formula is C19H15N3. The van der Waals surface area contributed by atoms with Gasteiger partial charge < -0.3 is 4.57 Å². The summed E-state index contributed by atoms with van der Waals surface area (Å²) in [6, 6.07) is 16.2. The van der Waals surface area contributed by atoms with Crippen molar-refractivity contribution < 1.29 is 0 Å². The molecule has 0 saturated carbocycles. The number of hydrogen-bond donors (Lipinski definition) is 0. The number of rotatable bonds is 3. The van der Waals surface area contributed by atoms with Crippen molar-refractivity contribution >= 4 is 17.1 Å². The normalized spacial score (nSPS) is 11.4. The quantitative estimate of drug-likeness (QED) is 0.525. The number of fused-ring (bicyclic) bond motifs is 1. The van der Waals surface area contributed by atoms with Crippen LogP contribution in [-0.4, -0.2) is 9.55 Å². The zero-order valence-corrected chi connectivity index (χ0v) is 12.3. The maximum Gasteiger partial charge on any atom is 0.145 e. The van der Waals surface area contributed by atoms with Gasteiger partial charge in [0.15, 0.2) is 0 Å². The summed E-state index contributed by atoms with van der Waals surface area (Å²) in [6.45, 7) is 5.69. The fourth-order valence-electron chi connectivity index (χ4n) is 2.39. The van der Waals surface area contributed by atoms with E-state index in [1.165, 1.54) is 0 Å². The average molecular weight is 285 g/mol. The highest BCUT2D eigenvalue weighted by atomic mass is 15.0. The van der Waals surface area contributed by atoms with E-state index in [0.717, 1.165) is 27.9 Å². The van der Waals surface area contributed by atoms with Gasteiger partial charge in [0.25, 0.3) is 0 Å². The minimum absolute atomic E-state index is 0.580. The first-order chi connectivity index (χ1) is 10.7. The number of hydrogen-bond acceptors (Lipinski definition) is 2. The molecule has 0 aliphatic heterocycles. The predicted octanol–water partition coefficient (Wildman–Crippen LogP) is 4.51. The van der Waals surface area contributed by atoms with Gasteiger partial charge in [-0.2, -0.15) is 5.26 Å². The van der Waals surface area contributed by atoms with Crippen LogP contribution in [0.3, 0.4) is 0 Å². The van der Waals surface area contributed by atoms with Gasteiger partial charge in [-0.25, -0.2) is 4.98 Å². The summed E-state index contributed by atoms with van der Waals surface area (Å²) in [7, 11) is 0. The lowest BCUT2D eigenvalue weighted by Crippen LogP contribution is -1.92. The molecular weight excluding hydrogens is 270 g/mol. The van der Waals surface area contributed by atoms with Crippen molar-refractivity contribution in [3.8, 4) is 11.8 Å². The van der Waals surface area contributed by atoms with Crippen molar-refractivity contribution in [2.24, 2.45) is 0 Å². The van der Waals surface area contributed by atoms with Crippen LogP contribution in [0.1, 0.15) is 12.5 Å². The van der Waals surface area contributed by atoms with E-state index < -0.39 is 0 Å². The predicted molar refractivity (Wildman–Crippen MR) is 89.5 cm³/mol. The van der Waals surface area contributed by atoms with Crippen LogP contribution in [0.5, 0.6) is 0 Å². The Morgan fingerprint density at radius 3 is 2.68 bits per heavy atom. The van der Waals surface area contributed by atoms with Gasteiger partial charge in [-0.1, -0.05) is 24.8 Å². The molecule has 3 nitrogen and oxygen atoms in total. The summed E-state index contributed by atoms with van der Waals surface area (Å²) in [6.07, 6.45) is 5.65. The van der Waals surface area contributed by atoms with Crippen LogP contribution in [0.2, 0.25) is 0 Å². The summed E-state index contributed by atoms with van der Waals surface area (Å²) >= 11 is 0. The van der Waals surface area contributed by atoms with Crippen molar-refractivity contribution in [1.29, 1.82) is 5.26 Å². The van der Waals surface area contributed by atoms with Crippen LogP contribution in [0.25, 0.3) is 22.8 Å². The van der Waals surface area contributed by atoms with Gasteiger partial charge in [0.2, 0.25) is 0 Å². The average Bonchev–Trinajstić information content (AvgIpc) is 2.92. The number of benzene rings is 1. The van der Waals surface area contributed by atoms with Crippen LogP contribution >= 0.6 is 0 Å². The van der Waals surface area contributed by atoms with Gasteiger partial charge in [-0.3, -0.25) is 0 Å². The van der Waals surface area contributed by atoms with Gasteiger partial charge in [-0.15, -0.1) is 0 Å². The summed E-state index contributed by atoms with van der Waals surface area (Å²) in [5, 5.41) is 10.3. The van der Waals surface area contributed by atoms with Crippen LogP contribution in [0.15, 0.2) is 72.6 Å². The van der Waals surface area contributed by atoms with Crippen molar-refractivity contribution in [3.63, 3.8) is 0 Å². The summed E-state index contributed by atoms with van der Waals surface area (Å²) in [4.78, 5) is 4.48. The molecule has 22 heavy (non-hydrogen) atoms. The molecule has 0 unspecified atom stereocenters. The molecule has 0 atom stereocenters. The van der Waals surface area contributed by atoms with Crippen molar-refractivity contribution in [1.82, 2.24) is 9.55 Å². The Hall–Kier alpha value is -3.12. The lowest BCUT2D eigenvalue weighted by Gasteiger charge is -2.03. The Morgan fingerprint density at radius 1 is 1.23 bits per heavy atom. The molecule has 0 aliphatic carbocycles. The summed E-state index contributed by atoms with van der Waals surface area (Å²) < 4.78 is 2.04. The van der Waals surface area contributed by atoms with Crippen LogP contribution in [0, 0.1) is 11.3 Å². The van der Waals surface area contributed by atoms with Gasteiger partial charge >= 0.3 is 0 Å². The number of para-hydroxylation sites is 1. The highest BCUT2D eigenvalue weighted by Crippen LogP contribution is 2.25. The maximum atomic E-state index is 9.25. The number of aromatic nitrogens is 2. The van der Waals surface area contributed by atoms with Crippen molar-refractivity contribution in [2.75, 3.05) is 0 Å². The first-order valence-corrected chi connectivity index (χ1v) is 7.00. The SMILES string of the molecule is C=C(C)/C(C#N)=C/c1cn(-c2ccccc2)c2ncccc12. The fourth-order valence-corrected chi connectivity index (χ4v) is 2.39. The molecule has 3 rings (SSSR count). The first kappa shape index (κ1) is 13.8. The van der Waals surface area contributed by atoms with Crippen LogP contribution in [-0.2, 0) is 0 Å². The Morgan fingerprint density at radius 2 is 2.00 bits per heavy atom. The molecule has 0 aliphatic rings. The molecule has 3 heteroatoms. The van der Waals surface area contributed by atoms with Crippen LogP contribution in [0.4, 0.5) is 0 Å². The van der Waals surface area contributed by atoms with E-state index in [4.69, 9.17) is 0 Å². The second-order valence-electron chi connectivity index (χ2n) is 5.11. The minimum atomic E-state index is 0.580.